The molecule has 0 unspecified atom stereocenters. The van der Waals surface area contributed by atoms with Crippen LogP contribution in [0.4, 0.5) is 5.69 Å². The molecule has 29 heavy (non-hydrogen) atoms. The minimum Gasteiger partial charge on any atom is -0.497 e. The fourth-order valence-electron chi connectivity index (χ4n) is 2.61. The van der Waals surface area contributed by atoms with Gasteiger partial charge in [0.15, 0.2) is 0 Å². The summed E-state index contributed by atoms with van der Waals surface area (Å²) in [5.41, 5.74) is 0.279. The number of hydrogen-bond acceptors (Lipinski definition) is 5. The first-order valence-corrected chi connectivity index (χ1v) is 10.4. The Kier molecular flexibility index (Phi) is 6.46. The molecule has 0 saturated carbocycles. The van der Waals surface area contributed by atoms with Gasteiger partial charge < -0.3 is 14.5 Å². The number of ether oxygens (including phenoxy) is 1. The molecule has 2 aromatic carbocycles. The van der Waals surface area contributed by atoms with Gasteiger partial charge in [0.05, 0.1) is 30.5 Å². The summed E-state index contributed by atoms with van der Waals surface area (Å²) in [6, 6.07) is 15.7. The first-order valence-electron chi connectivity index (χ1n) is 8.61. The molecule has 0 atom stereocenters. The molecule has 0 spiro atoms. The molecular formula is C20H19ClN2O5S. The Hall–Kier alpha value is -2.97. The third kappa shape index (κ3) is 5.10. The molecule has 3 rings (SSSR count). The number of sulfonamides is 1. The van der Waals surface area contributed by atoms with Gasteiger partial charge in [-0.05, 0) is 54.6 Å². The van der Waals surface area contributed by atoms with Gasteiger partial charge >= 0.3 is 0 Å². The number of furan rings is 1. The summed E-state index contributed by atoms with van der Waals surface area (Å²) >= 11 is 6.04. The van der Waals surface area contributed by atoms with Crippen molar-refractivity contribution >= 4 is 33.2 Å². The molecular weight excluding hydrogens is 416 g/mol. The van der Waals surface area contributed by atoms with Gasteiger partial charge in [-0.2, -0.15) is 0 Å². The Morgan fingerprint density at radius 1 is 1.14 bits per heavy atom. The lowest BCUT2D eigenvalue weighted by Crippen LogP contribution is -2.40. The minimum absolute atomic E-state index is 0.0251. The third-order valence-electron chi connectivity index (χ3n) is 4.07. The van der Waals surface area contributed by atoms with Crippen molar-refractivity contribution in [2.45, 2.75) is 11.4 Å². The average molecular weight is 435 g/mol. The highest BCUT2D eigenvalue weighted by Gasteiger charge is 2.27. The highest BCUT2D eigenvalue weighted by molar-refractivity contribution is 7.92. The van der Waals surface area contributed by atoms with E-state index in [2.05, 4.69) is 5.32 Å². The SMILES string of the molecule is COc1ccc(S(=O)(=O)N(CC(=O)NCc2ccco2)c2cccc(Cl)c2)cc1. The predicted molar refractivity (Wildman–Crippen MR) is 110 cm³/mol. The number of carbonyl (C=O) groups is 1. The van der Waals surface area contributed by atoms with Crippen LogP contribution < -0.4 is 14.4 Å². The van der Waals surface area contributed by atoms with Crippen molar-refractivity contribution < 1.29 is 22.4 Å². The maximum absolute atomic E-state index is 13.3. The lowest BCUT2D eigenvalue weighted by atomic mass is 10.3. The molecule has 1 heterocycles. The number of nitrogens with one attached hydrogen (secondary N) is 1. The fourth-order valence-corrected chi connectivity index (χ4v) is 4.20. The van der Waals surface area contributed by atoms with Gasteiger partial charge in [0.2, 0.25) is 5.91 Å². The van der Waals surface area contributed by atoms with E-state index in [0.717, 1.165) is 4.31 Å². The largest absolute Gasteiger partial charge is 0.497 e. The summed E-state index contributed by atoms with van der Waals surface area (Å²) in [6.07, 6.45) is 1.49. The number of carbonyl (C=O) groups excluding carboxylic acids is 1. The molecule has 7 nitrogen and oxygen atoms in total. The quantitative estimate of drug-likeness (QED) is 0.586. The van der Waals surface area contributed by atoms with Gasteiger partial charge in [-0.15, -0.1) is 0 Å². The number of anilines is 1. The monoisotopic (exact) mass is 434 g/mol. The van der Waals surface area contributed by atoms with Crippen molar-refractivity contribution in [3.63, 3.8) is 0 Å². The van der Waals surface area contributed by atoms with Crippen molar-refractivity contribution in [2.75, 3.05) is 18.0 Å². The van der Waals surface area contributed by atoms with Gasteiger partial charge in [-0.1, -0.05) is 17.7 Å². The van der Waals surface area contributed by atoms with Gasteiger partial charge in [0.25, 0.3) is 10.0 Å². The number of amides is 1. The van der Waals surface area contributed by atoms with E-state index in [4.69, 9.17) is 20.8 Å². The van der Waals surface area contributed by atoms with Crippen LogP contribution in [-0.4, -0.2) is 28.0 Å². The fraction of sp³-hybridized carbons (Fsp3) is 0.150. The zero-order chi connectivity index (χ0) is 20.9. The molecule has 0 radical (unpaired) electrons. The standard InChI is InChI=1S/C20H19ClN2O5S/c1-27-17-7-9-19(10-8-17)29(25,26)23(16-5-2-4-15(21)12-16)14-20(24)22-13-18-6-3-11-28-18/h2-12H,13-14H2,1H3,(H,22,24). The molecule has 0 aliphatic heterocycles. The van der Waals surface area contributed by atoms with E-state index in [1.807, 2.05) is 0 Å². The Labute approximate surface area is 173 Å². The summed E-state index contributed by atoms with van der Waals surface area (Å²) < 4.78 is 37.8. The van der Waals surface area contributed by atoms with Crippen molar-refractivity contribution in [2.24, 2.45) is 0 Å². The number of methoxy groups -OCH3 is 1. The van der Waals surface area contributed by atoms with E-state index in [0.29, 0.717) is 16.5 Å². The summed E-state index contributed by atoms with van der Waals surface area (Å²) in [6.45, 7) is -0.271. The molecule has 1 aromatic heterocycles. The van der Waals surface area contributed by atoms with Crippen LogP contribution in [0.1, 0.15) is 5.76 Å². The average Bonchev–Trinajstić information content (AvgIpc) is 3.24. The summed E-state index contributed by atoms with van der Waals surface area (Å²) in [4.78, 5) is 12.5. The number of halogens is 1. The summed E-state index contributed by atoms with van der Waals surface area (Å²) in [7, 11) is -2.54. The predicted octanol–water partition coefficient (Wildman–Crippen LogP) is 3.45. The Morgan fingerprint density at radius 3 is 2.52 bits per heavy atom. The molecule has 152 valence electrons. The maximum Gasteiger partial charge on any atom is 0.264 e. The smallest absolute Gasteiger partial charge is 0.264 e. The topological polar surface area (TPSA) is 88.9 Å². The van der Waals surface area contributed by atoms with Gasteiger partial charge in [0.1, 0.15) is 18.1 Å². The zero-order valence-corrected chi connectivity index (χ0v) is 17.1. The van der Waals surface area contributed by atoms with Crippen LogP contribution in [0.15, 0.2) is 76.2 Å². The van der Waals surface area contributed by atoms with Crippen LogP contribution in [0.3, 0.4) is 0 Å². The lowest BCUT2D eigenvalue weighted by Gasteiger charge is -2.24. The molecule has 0 saturated heterocycles. The van der Waals surface area contributed by atoms with E-state index in [9.17, 15) is 13.2 Å². The van der Waals surface area contributed by atoms with Gasteiger partial charge in [0, 0.05) is 5.02 Å². The van der Waals surface area contributed by atoms with E-state index in [1.54, 1.807) is 42.5 Å². The number of benzene rings is 2. The maximum atomic E-state index is 13.3. The molecule has 0 fully saturated rings. The number of nitrogens with zero attached hydrogens (tertiary/aromatic N) is 1. The number of hydrogen-bond donors (Lipinski definition) is 1. The van der Waals surface area contributed by atoms with Crippen LogP contribution in [0.2, 0.25) is 5.02 Å². The van der Waals surface area contributed by atoms with Gasteiger partial charge in [-0.3, -0.25) is 9.10 Å². The minimum atomic E-state index is -4.03. The van der Waals surface area contributed by atoms with E-state index in [1.165, 1.54) is 31.6 Å². The van der Waals surface area contributed by atoms with Gasteiger partial charge in [-0.25, -0.2) is 8.42 Å². The van der Waals surface area contributed by atoms with Crippen molar-refractivity contribution in [3.8, 4) is 5.75 Å². The lowest BCUT2D eigenvalue weighted by molar-refractivity contribution is -0.119. The Bertz CT molecular complexity index is 1070. The summed E-state index contributed by atoms with van der Waals surface area (Å²) in [5, 5.41) is 3.00. The molecule has 1 amide bonds. The van der Waals surface area contributed by atoms with E-state index < -0.39 is 22.5 Å². The normalized spacial score (nSPS) is 11.1. The van der Waals surface area contributed by atoms with E-state index >= 15 is 0 Å². The van der Waals surface area contributed by atoms with Crippen molar-refractivity contribution in [1.82, 2.24) is 5.32 Å². The van der Waals surface area contributed by atoms with Crippen molar-refractivity contribution in [1.29, 1.82) is 0 Å². The number of rotatable bonds is 8. The second kappa shape index (κ2) is 9.02. The molecule has 0 bridgehead atoms. The van der Waals surface area contributed by atoms with Crippen LogP contribution in [0.25, 0.3) is 0 Å². The van der Waals surface area contributed by atoms with Crippen LogP contribution in [0, 0.1) is 0 Å². The van der Waals surface area contributed by atoms with Crippen LogP contribution in [-0.2, 0) is 21.4 Å². The molecule has 0 aliphatic carbocycles. The molecule has 0 aliphatic rings. The summed E-state index contributed by atoms with van der Waals surface area (Å²) in [5.74, 6) is 0.596. The van der Waals surface area contributed by atoms with E-state index in [-0.39, 0.29) is 17.1 Å². The third-order valence-corrected chi connectivity index (χ3v) is 6.09. The second-order valence-electron chi connectivity index (χ2n) is 6.02. The highest BCUT2D eigenvalue weighted by atomic mass is 35.5. The highest BCUT2D eigenvalue weighted by Crippen LogP contribution is 2.27. The zero-order valence-electron chi connectivity index (χ0n) is 15.5. The first kappa shape index (κ1) is 20.8. The van der Waals surface area contributed by atoms with Crippen LogP contribution in [0.5, 0.6) is 5.75 Å². The molecule has 1 N–H and O–H groups in total. The second-order valence-corrected chi connectivity index (χ2v) is 8.32. The molecule has 9 heteroatoms. The Balaban J connectivity index is 1.88. The van der Waals surface area contributed by atoms with Crippen LogP contribution >= 0.6 is 11.6 Å². The van der Waals surface area contributed by atoms with Crippen molar-refractivity contribution in [3.05, 3.63) is 77.7 Å². The Morgan fingerprint density at radius 2 is 1.90 bits per heavy atom. The molecule has 3 aromatic rings. The first-order chi connectivity index (χ1) is 13.9.